The van der Waals surface area contributed by atoms with Crippen molar-refractivity contribution >= 4 is 11.6 Å². The number of hydrogen-bond acceptors (Lipinski definition) is 1. The van der Waals surface area contributed by atoms with Crippen LogP contribution < -0.4 is 0 Å². The van der Waals surface area contributed by atoms with Crippen LogP contribution in [-0.4, -0.2) is 10.5 Å². The van der Waals surface area contributed by atoms with Crippen molar-refractivity contribution in [3.05, 3.63) is 35.9 Å². The van der Waals surface area contributed by atoms with Crippen molar-refractivity contribution in [2.75, 3.05) is 0 Å². The third-order valence-electron chi connectivity index (χ3n) is 3.05. The largest absolute Gasteiger partial charge is 0.385 e. The van der Waals surface area contributed by atoms with Gasteiger partial charge in [0.05, 0.1) is 5.60 Å². The Morgan fingerprint density at radius 3 is 2.29 bits per heavy atom. The van der Waals surface area contributed by atoms with Crippen molar-refractivity contribution < 1.29 is 5.11 Å². The van der Waals surface area contributed by atoms with Crippen molar-refractivity contribution in [1.29, 1.82) is 0 Å². The summed E-state index contributed by atoms with van der Waals surface area (Å²) in [7, 11) is 0. The molecular weight excluding hydrogens is 196 g/mol. The first kappa shape index (κ1) is 10.0. The van der Waals surface area contributed by atoms with E-state index < -0.39 is 5.60 Å². The molecule has 1 aromatic carbocycles. The molecular formula is C12H15ClO. The standard InChI is InChI=1S/C12H15ClO/c13-11-6-8-12(14,9-7-11)10-4-2-1-3-5-10/h1-5,11,14H,6-9H2. The fourth-order valence-corrected chi connectivity index (χ4v) is 2.32. The third-order valence-corrected chi connectivity index (χ3v) is 3.49. The Kier molecular flexibility index (Phi) is 2.80. The molecule has 2 heteroatoms. The van der Waals surface area contributed by atoms with Crippen LogP contribution in [0.25, 0.3) is 0 Å². The summed E-state index contributed by atoms with van der Waals surface area (Å²) in [6.07, 6.45) is 3.39. The average Bonchev–Trinajstić information content (AvgIpc) is 2.24. The predicted molar refractivity (Wildman–Crippen MR) is 58.4 cm³/mol. The Bertz CT molecular complexity index is 288. The van der Waals surface area contributed by atoms with E-state index in [1.807, 2.05) is 30.3 Å². The smallest absolute Gasteiger partial charge is 0.0897 e. The SMILES string of the molecule is OC1(c2ccccc2)CCC(Cl)CC1. The van der Waals surface area contributed by atoms with Crippen LogP contribution in [0, 0.1) is 0 Å². The van der Waals surface area contributed by atoms with E-state index >= 15 is 0 Å². The second-order valence-corrected chi connectivity index (χ2v) is 4.69. The van der Waals surface area contributed by atoms with Gasteiger partial charge in [0.25, 0.3) is 0 Å². The van der Waals surface area contributed by atoms with E-state index in [2.05, 4.69) is 0 Å². The van der Waals surface area contributed by atoms with Crippen LogP contribution in [0.4, 0.5) is 0 Å². The van der Waals surface area contributed by atoms with Crippen LogP contribution in [0.2, 0.25) is 0 Å². The summed E-state index contributed by atoms with van der Waals surface area (Å²) < 4.78 is 0. The average molecular weight is 211 g/mol. The molecule has 14 heavy (non-hydrogen) atoms. The first-order valence-electron chi connectivity index (χ1n) is 5.13. The monoisotopic (exact) mass is 210 g/mol. The molecule has 0 amide bonds. The molecule has 0 heterocycles. The van der Waals surface area contributed by atoms with Crippen molar-refractivity contribution in [3.63, 3.8) is 0 Å². The van der Waals surface area contributed by atoms with E-state index in [1.54, 1.807) is 0 Å². The highest BCUT2D eigenvalue weighted by Crippen LogP contribution is 2.38. The van der Waals surface area contributed by atoms with Gasteiger partial charge in [0.15, 0.2) is 0 Å². The first-order valence-corrected chi connectivity index (χ1v) is 5.56. The molecule has 0 spiro atoms. The fourth-order valence-electron chi connectivity index (χ4n) is 2.10. The van der Waals surface area contributed by atoms with Crippen molar-refractivity contribution in [1.82, 2.24) is 0 Å². The molecule has 0 saturated heterocycles. The van der Waals surface area contributed by atoms with E-state index in [9.17, 15) is 5.11 Å². The maximum atomic E-state index is 10.4. The van der Waals surface area contributed by atoms with Gasteiger partial charge in [0, 0.05) is 5.38 Å². The maximum absolute atomic E-state index is 10.4. The molecule has 0 atom stereocenters. The highest BCUT2D eigenvalue weighted by atomic mass is 35.5. The predicted octanol–water partition coefficient (Wildman–Crippen LogP) is 3.06. The molecule has 76 valence electrons. The zero-order valence-corrected chi connectivity index (χ0v) is 8.87. The lowest BCUT2D eigenvalue weighted by atomic mass is 9.79. The van der Waals surface area contributed by atoms with E-state index in [4.69, 9.17) is 11.6 Å². The van der Waals surface area contributed by atoms with Gasteiger partial charge in [-0.3, -0.25) is 0 Å². The van der Waals surface area contributed by atoms with E-state index in [1.165, 1.54) is 0 Å². The summed E-state index contributed by atoms with van der Waals surface area (Å²) in [5.74, 6) is 0. The number of rotatable bonds is 1. The summed E-state index contributed by atoms with van der Waals surface area (Å²) in [5, 5.41) is 10.7. The topological polar surface area (TPSA) is 20.2 Å². The Hall–Kier alpha value is -0.530. The Balaban J connectivity index is 2.17. The van der Waals surface area contributed by atoms with Gasteiger partial charge in [-0.15, -0.1) is 11.6 Å². The number of hydrogen-bond donors (Lipinski definition) is 1. The van der Waals surface area contributed by atoms with Gasteiger partial charge < -0.3 is 5.11 Å². The van der Waals surface area contributed by atoms with E-state index in [-0.39, 0.29) is 5.38 Å². The molecule has 0 aromatic heterocycles. The minimum atomic E-state index is -0.632. The number of halogens is 1. The summed E-state index contributed by atoms with van der Waals surface area (Å²) in [6, 6.07) is 9.91. The van der Waals surface area contributed by atoms with E-state index in [0.29, 0.717) is 0 Å². The highest BCUT2D eigenvalue weighted by molar-refractivity contribution is 6.20. The molecule has 1 nitrogen and oxygen atoms in total. The second-order valence-electron chi connectivity index (χ2n) is 4.07. The van der Waals surface area contributed by atoms with Gasteiger partial charge in [0.1, 0.15) is 0 Å². The minimum absolute atomic E-state index is 0.249. The molecule has 1 N–H and O–H groups in total. The maximum Gasteiger partial charge on any atom is 0.0897 e. The zero-order valence-electron chi connectivity index (χ0n) is 8.12. The number of aliphatic hydroxyl groups is 1. The third kappa shape index (κ3) is 1.94. The molecule has 2 rings (SSSR count). The molecule has 0 unspecified atom stereocenters. The Labute approximate surface area is 89.7 Å². The van der Waals surface area contributed by atoms with Gasteiger partial charge >= 0.3 is 0 Å². The highest BCUT2D eigenvalue weighted by Gasteiger charge is 2.33. The molecule has 1 aliphatic rings. The van der Waals surface area contributed by atoms with Crippen LogP contribution in [0.1, 0.15) is 31.2 Å². The van der Waals surface area contributed by atoms with Crippen molar-refractivity contribution in [3.8, 4) is 0 Å². The lowest BCUT2D eigenvalue weighted by Crippen LogP contribution is -2.31. The number of alkyl halides is 1. The summed E-state index contributed by atoms with van der Waals surface area (Å²) >= 11 is 6.02. The molecule has 0 aliphatic heterocycles. The van der Waals surface area contributed by atoms with Gasteiger partial charge in [-0.2, -0.15) is 0 Å². The second kappa shape index (κ2) is 3.92. The minimum Gasteiger partial charge on any atom is -0.385 e. The fraction of sp³-hybridized carbons (Fsp3) is 0.500. The van der Waals surface area contributed by atoms with Gasteiger partial charge in [-0.05, 0) is 31.2 Å². The van der Waals surface area contributed by atoms with Gasteiger partial charge in [-0.25, -0.2) is 0 Å². The molecule has 0 radical (unpaired) electrons. The molecule has 1 aliphatic carbocycles. The van der Waals surface area contributed by atoms with Gasteiger partial charge in [0.2, 0.25) is 0 Å². The Morgan fingerprint density at radius 2 is 1.71 bits per heavy atom. The molecule has 1 fully saturated rings. The quantitative estimate of drug-likeness (QED) is 0.707. The molecule has 1 aromatic rings. The molecule has 0 bridgehead atoms. The summed E-state index contributed by atoms with van der Waals surface area (Å²) in [4.78, 5) is 0. The van der Waals surface area contributed by atoms with Crippen molar-refractivity contribution in [2.45, 2.75) is 36.7 Å². The first-order chi connectivity index (χ1) is 6.71. The van der Waals surface area contributed by atoms with Crippen LogP contribution in [0.3, 0.4) is 0 Å². The number of benzene rings is 1. The van der Waals surface area contributed by atoms with Crippen LogP contribution in [0.15, 0.2) is 30.3 Å². The van der Waals surface area contributed by atoms with Crippen LogP contribution in [-0.2, 0) is 5.60 Å². The normalized spacial score (nSPS) is 32.9. The van der Waals surface area contributed by atoms with Gasteiger partial charge in [-0.1, -0.05) is 30.3 Å². The molecule has 1 saturated carbocycles. The lowest BCUT2D eigenvalue weighted by Gasteiger charge is -2.34. The van der Waals surface area contributed by atoms with Crippen LogP contribution in [0.5, 0.6) is 0 Å². The van der Waals surface area contributed by atoms with E-state index in [0.717, 1.165) is 31.2 Å². The lowest BCUT2D eigenvalue weighted by molar-refractivity contribution is 0.000327. The summed E-state index contributed by atoms with van der Waals surface area (Å²) in [6.45, 7) is 0. The Morgan fingerprint density at radius 1 is 1.14 bits per heavy atom. The zero-order chi connectivity index (χ0) is 10.0. The van der Waals surface area contributed by atoms with Crippen molar-refractivity contribution in [2.24, 2.45) is 0 Å². The summed E-state index contributed by atoms with van der Waals surface area (Å²) in [5.41, 5.74) is 0.399. The van der Waals surface area contributed by atoms with Crippen LogP contribution >= 0.6 is 11.6 Å².